The molecule has 1 saturated heterocycles. The van der Waals surface area contributed by atoms with Crippen LogP contribution in [0.3, 0.4) is 0 Å². The first-order chi connectivity index (χ1) is 15.5. The van der Waals surface area contributed by atoms with Crippen LogP contribution in [-0.4, -0.2) is 50.8 Å². The van der Waals surface area contributed by atoms with Crippen LogP contribution in [0.5, 0.6) is 0 Å². The van der Waals surface area contributed by atoms with Gasteiger partial charge in [0, 0.05) is 23.9 Å². The fourth-order valence-corrected chi connectivity index (χ4v) is 3.95. The molecule has 0 aliphatic carbocycles. The molecule has 6 nitrogen and oxygen atoms in total. The Morgan fingerprint density at radius 3 is 2.38 bits per heavy atom. The second-order valence-electron chi connectivity index (χ2n) is 8.18. The zero-order valence-corrected chi connectivity index (χ0v) is 18.1. The topological polar surface area (TPSA) is 87.7 Å². The van der Waals surface area contributed by atoms with Crippen molar-refractivity contribution in [3.8, 4) is 23.0 Å². The predicted octanol–water partition coefficient (Wildman–Crippen LogP) is 2.74. The quantitative estimate of drug-likeness (QED) is 0.522. The number of ether oxygens (including phenoxy) is 1. The SMILES string of the molecule is C[C@H](O)c1nccn1C(C#Cc1ccc(-c2ccc(C[C@@H]3COC[C@H]3O)cc2)cc1)CO. The Morgan fingerprint density at radius 2 is 1.78 bits per heavy atom. The van der Waals surface area contributed by atoms with E-state index in [1.54, 1.807) is 23.9 Å². The van der Waals surface area contributed by atoms with Gasteiger partial charge in [0.05, 0.1) is 25.9 Å². The van der Waals surface area contributed by atoms with Crippen molar-refractivity contribution in [3.05, 3.63) is 77.9 Å². The Balaban J connectivity index is 1.44. The lowest BCUT2D eigenvalue weighted by molar-refractivity contribution is 0.118. The molecule has 1 aliphatic rings. The smallest absolute Gasteiger partial charge is 0.138 e. The van der Waals surface area contributed by atoms with Crippen LogP contribution in [0.25, 0.3) is 11.1 Å². The van der Waals surface area contributed by atoms with Crippen LogP contribution in [0.15, 0.2) is 60.9 Å². The molecule has 1 fully saturated rings. The predicted molar refractivity (Wildman–Crippen MR) is 122 cm³/mol. The third-order valence-corrected chi connectivity index (χ3v) is 5.80. The van der Waals surface area contributed by atoms with Gasteiger partial charge in [-0.1, -0.05) is 48.2 Å². The fraction of sp³-hybridized carbons (Fsp3) is 0.346. The lowest BCUT2D eigenvalue weighted by Gasteiger charge is -2.14. The summed E-state index contributed by atoms with van der Waals surface area (Å²) in [5, 5.41) is 29.5. The van der Waals surface area contributed by atoms with Gasteiger partial charge in [-0.3, -0.25) is 0 Å². The van der Waals surface area contributed by atoms with Crippen molar-refractivity contribution in [3.63, 3.8) is 0 Å². The summed E-state index contributed by atoms with van der Waals surface area (Å²) < 4.78 is 7.03. The van der Waals surface area contributed by atoms with E-state index in [4.69, 9.17) is 4.74 Å². The first-order valence-corrected chi connectivity index (χ1v) is 10.8. The highest BCUT2D eigenvalue weighted by Crippen LogP contribution is 2.24. The highest BCUT2D eigenvalue weighted by Gasteiger charge is 2.26. The van der Waals surface area contributed by atoms with Gasteiger partial charge in [0.2, 0.25) is 0 Å². The molecule has 166 valence electrons. The van der Waals surface area contributed by atoms with Crippen molar-refractivity contribution in [1.29, 1.82) is 0 Å². The van der Waals surface area contributed by atoms with Crippen LogP contribution in [0.2, 0.25) is 0 Å². The molecule has 0 spiro atoms. The Bertz CT molecular complexity index is 1080. The Labute approximate surface area is 188 Å². The molecule has 1 aromatic heterocycles. The molecule has 4 atom stereocenters. The molecule has 2 heterocycles. The average molecular weight is 433 g/mol. The third kappa shape index (κ3) is 5.09. The summed E-state index contributed by atoms with van der Waals surface area (Å²) in [7, 11) is 0. The Morgan fingerprint density at radius 1 is 1.09 bits per heavy atom. The van der Waals surface area contributed by atoms with E-state index >= 15 is 0 Å². The van der Waals surface area contributed by atoms with Crippen LogP contribution < -0.4 is 0 Å². The summed E-state index contributed by atoms with van der Waals surface area (Å²) in [5.41, 5.74) is 4.25. The maximum absolute atomic E-state index is 9.93. The van der Waals surface area contributed by atoms with E-state index in [9.17, 15) is 15.3 Å². The summed E-state index contributed by atoms with van der Waals surface area (Å²) in [6.07, 6.45) is 3.01. The van der Waals surface area contributed by atoms with Gasteiger partial charge in [-0.15, -0.1) is 0 Å². The van der Waals surface area contributed by atoms with E-state index in [0.29, 0.717) is 19.0 Å². The van der Waals surface area contributed by atoms with Crippen molar-refractivity contribution in [1.82, 2.24) is 9.55 Å². The second kappa shape index (κ2) is 10.1. The molecule has 1 aliphatic heterocycles. The molecule has 0 saturated carbocycles. The van der Waals surface area contributed by atoms with Gasteiger partial charge in [0.25, 0.3) is 0 Å². The number of rotatable bonds is 6. The lowest BCUT2D eigenvalue weighted by atomic mass is 9.95. The van der Waals surface area contributed by atoms with Crippen LogP contribution in [0.1, 0.15) is 36.0 Å². The van der Waals surface area contributed by atoms with Gasteiger partial charge in [-0.05, 0) is 42.2 Å². The minimum absolute atomic E-state index is 0.167. The minimum Gasteiger partial charge on any atom is -0.393 e. The van der Waals surface area contributed by atoms with E-state index in [1.165, 1.54) is 5.56 Å². The largest absolute Gasteiger partial charge is 0.393 e. The number of aliphatic hydroxyl groups is 3. The fourth-order valence-electron chi connectivity index (χ4n) is 3.95. The molecule has 2 aromatic carbocycles. The molecule has 1 unspecified atom stereocenters. The van der Waals surface area contributed by atoms with Gasteiger partial charge in [0.15, 0.2) is 0 Å². The highest BCUT2D eigenvalue weighted by molar-refractivity contribution is 5.64. The van der Waals surface area contributed by atoms with E-state index in [0.717, 1.165) is 23.1 Å². The van der Waals surface area contributed by atoms with Crippen molar-refractivity contribution in [2.75, 3.05) is 19.8 Å². The zero-order valence-electron chi connectivity index (χ0n) is 18.1. The number of nitrogens with zero attached hydrogens (tertiary/aromatic N) is 2. The molecule has 32 heavy (non-hydrogen) atoms. The van der Waals surface area contributed by atoms with Crippen molar-refractivity contribution in [2.24, 2.45) is 5.92 Å². The second-order valence-corrected chi connectivity index (χ2v) is 8.18. The summed E-state index contributed by atoms with van der Waals surface area (Å²) in [6.45, 7) is 2.51. The van der Waals surface area contributed by atoms with E-state index in [-0.39, 0.29) is 18.6 Å². The minimum atomic E-state index is -0.733. The summed E-state index contributed by atoms with van der Waals surface area (Å²) in [5.74, 6) is 6.82. The van der Waals surface area contributed by atoms with Crippen LogP contribution in [0.4, 0.5) is 0 Å². The standard InChI is InChI=1S/C26H28N2O4/c1-18(30)26-27-12-13-28(26)24(15-29)11-6-19-2-7-21(8-3-19)22-9-4-20(5-10-22)14-23-16-32-17-25(23)31/h2-5,7-10,12-13,18,23-25,29-31H,14-17H2,1H3/t18-,23+,24?,25+/m0/s1. The van der Waals surface area contributed by atoms with Crippen molar-refractivity contribution >= 4 is 0 Å². The molecule has 0 amide bonds. The number of aromatic nitrogens is 2. The molecule has 4 rings (SSSR count). The van der Waals surface area contributed by atoms with E-state index in [2.05, 4.69) is 41.1 Å². The first-order valence-electron chi connectivity index (χ1n) is 10.8. The molecule has 0 radical (unpaired) electrons. The van der Waals surface area contributed by atoms with Gasteiger partial charge in [0.1, 0.15) is 18.0 Å². The number of hydrogen-bond acceptors (Lipinski definition) is 5. The average Bonchev–Trinajstić information content (AvgIpc) is 3.45. The van der Waals surface area contributed by atoms with Crippen LogP contribution in [0, 0.1) is 17.8 Å². The monoisotopic (exact) mass is 432 g/mol. The summed E-state index contributed by atoms with van der Waals surface area (Å²) in [6, 6.07) is 15.9. The Kier molecular flexibility index (Phi) is 7.03. The molecule has 6 heteroatoms. The highest BCUT2D eigenvalue weighted by atomic mass is 16.5. The summed E-state index contributed by atoms with van der Waals surface area (Å²) >= 11 is 0. The molecule has 3 aromatic rings. The lowest BCUT2D eigenvalue weighted by Crippen LogP contribution is -2.19. The van der Waals surface area contributed by atoms with Crippen LogP contribution in [-0.2, 0) is 11.2 Å². The summed E-state index contributed by atoms with van der Waals surface area (Å²) in [4.78, 5) is 4.14. The van der Waals surface area contributed by atoms with Gasteiger partial charge < -0.3 is 24.6 Å². The Hall–Kier alpha value is -2.95. The number of aliphatic hydroxyl groups excluding tert-OH is 3. The van der Waals surface area contributed by atoms with Crippen molar-refractivity contribution < 1.29 is 20.1 Å². The van der Waals surface area contributed by atoms with Gasteiger partial charge in [-0.2, -0.15) is 0 Å². The third-order valence-electron chi connectivity index (χ3n) is 5.80. The zero-order chi connectivity index (χ0) is 22.5. The van der Waals surface area contributed by atoms with Crippen molar-refractivity contribution in [2.45, 2.75) is 31.6 Å². The van der Waals surface area contributed by atoms with Gasteiger partial charge in [-0.25, -0.2) is 4.98 Å². The molecule has 3 N–H and O–H groups in total. The number of hydrogen-bond donors (Lipinski definition) is 3. The van der Waals surface area contributed by atoms with E-state index < -0.39 is 12.1 Å². The molecular formula is C26H28N2O4. The molecule has 0 bridgehead atoms. The molecular weight excluding hydrogens is 404 g/mol. The maximum atomic E-state index is 9.93. The maximum Gasteiger partial charge on any atom is 0.138 e. The number of benzene rings is 2. The normalized spacial score (nSPS) is 19.9. The van der Waals surface area contributed by atoms with E-state index in [1.807, 2.05) is 24.3 Å². The first kappa shape index (κ1) is 22.3. The number of imidazole rings is 1. The van der Waals surface area contributed by atoms with Crippen LogP contribution >= 0.6 is 0 Å². The van der Waals surface area contributed by atoms with Gasteiger partial charge >= 0.3 is 0 Å².